The van der Waals surface area contributed by atoms with Gasteiger partial charge in [0.2, 0.25) is 0 Å². The Labute approximate surface area is 341 Å². The lowest BCUT2D eigenvalue weighted by Crippen LogP contribution is -2.30. The molecular formula is C56H55N. The molecule has 9 rings (SSSR count). The van der Waals surface area contributed by atoms with Crippen LogP contribution < -0.4 is 4.90 Å². The minimum absolute atomic E-state index is 0.0103. The lowest BCUT2D eigenvalue weighted by molar-refractivity contribution is 0.580. The van der Waals surface area contributed by atoms with Crippen molar-refractivity contribution in [2.75, 3.05) is 4.90 Å². The molecule has 1 aliphatic carbocycles. The highest BCUT2D eigenvalue weighted by Gasteiger charge is 2.40. The SMILES string of the molecule is CC(C)(C)c1ccc2c(c1)C(C)(C)c1cc(C(C)(C)C)cc(-c3ccc(N4c5ccc(-c6ccccc6)cc5C(C)(C)c5cc(-c6ccccc6)ccc54)cc3)c1-2. The van der Waals surface area contributed by atoms with Gasteiger partial charge < -0.3 is 4.90 Å². The standard InChI is InChI=1S/C56H55N/c1-53(2,3)41-25-28-44-46(34-41)55(7,8)49-35-42(54(4,5)6)33-45(52(44)49)38-21-26-43(27-22-38)57-50-29-23-39(36-17-13-11-14-18-36)31-47(50)56(9,10)48-32-40(24-30-51(48)57)37-19-15-12-16-20-37/h11-35H,1-10H3. The van der Waals surface area contributed by atoms with Gasteiger partial charge in [-0.15, -0.1) is 0 Å². The Morgan fingerprint density at radius 1 is 0.368 bits per heavy atom. The number of hydrogen-bond donors (Lipinski definition) is 0. The van der Waals surface area contributed by atoms with Crippen molar-refractivity contribution < 1.29 is 0 Å². The minimum Gasteiger partial charge on any atom is -0.310 e. The van der Waals surface area contributed by atoms with E-state index in [-0.39, 0.29) is 21.7 Å². The summed E-state index contributed by atoms with van der Waals surface area (Å²) in [6.07, 6.45) is 0. The molecule has 7 aromatic carbocycles. The Hall–Kier alpha value is -5.66. The summed E-state index contributed by atoms with van der Waals surface area (Å²) in [6.45, 7) is 23.6. The van der Waals surface area contributed by atoms with E-state index in [2.05, 4.69) is 226 Å². The van der Waals surface area contributed by atoms with Crippen molar-refractivity contribution in [2.45, 2.75) is 90.9 Å². The van der Waals surface area contributed by atoms with Gasteiger partial charge in [0.25, 0.3) is 0 Å². The summed E-state index contributed by atoms with van der Waals surface area (Å²) in [5.74, 6) is 0. The first-order chi connectivity index (χ1) is 27.0. The highest BCUT2D eigenvalue weighted by Crippen LogP contribution is 2.56. The Morgan fingerprint density at radius 2 is 0.842 bits per heavy atom. The van der Waals surface area contributed by atoms with E-state index in [4.69, 9.17) is 0 Å². The third-order valence-electron chi connectivity index (χ3n) is 13.0. The molecule has 0 atom stereocenters. The molecule has 1 nitrogen and oxygen atoms in total. The Kier molecular flexibility index (Phi) is 8.38. The number of rotatable bonds is 4. The van der Waals surface area contributed by atoms with Crippen LogP contribution in [0.4, 0.5) is 17.1 Å². The molecule has 0 saturated carbocycles. The number of hydrogen-bond acceptors (Lipinski definition) is 1. The fourth-order valence-corrected chi connectivity index (χ4v) is 9.40. The van der Waals surface area contributed by atoms with Crippen molar-refractivity contribution in [1.29, 1.82) is 0 Å². The second-order valence-corrected chi connectivity index (χ2v) is 19.5. The third kappa shape index (κ3) is 6.06. The van der Waals surface area contributed by atoms with Crippen molar-refractivity contribution >= 4 is 17.1 Å². The molecular weight excluding hydrogens is 687 g/mol. The van der Waals surface area contributed by atoms with Crippen LogP contribution in [-0.4, -0.2) is 0 Å². The smallest absolute Gasteiger partial charge is 0.0503 e. The van der Waals surface area contributed by atoms with Gasteiger partial charge in [-0.1, -0.05) is 178 Å². The molecule has 7 aromatic rings. The molecule has 1 heteroatoms. The van der Waals surface area contributed by atoms with Crippen LogP contribution >= 0.6 is 0 Å². The molecule has 0 fully saturated rings. The first-order valence-corrected chi connectivity index (χ1v) is 20.7. The van der Waals surface area contributed by atoms with Gasteiger partial charge in [-0.05, 0) is 131 Å². The summed E-state index contributed by atoms with van der Waals surface area (Å²) in [6, 6.07) is 57.3. The predicted octanol–water partition coefficient (Wildman–Crippen LogP) is 15.7. The van der Waals surface area contributed by atoms with Crippen molar-refractivity contribution in [3.8, 4) is 44.5 Å². The van der Waals surface area contributed by atoms with Gasteiger partial charge in [0.1, 0.15) is 0 Å². The van der Waals surface area contributed by atoms with Gasteiger partial charge >= 0.3 is 0 Å². The first-order valence-electron chi connectivity index (χ1n) is 20.7. The lowest BCUT2D eigenvalue weighted by Gasteiger charge is -2.42. The average Bonchev–Trinajstić information content (AvgIpc) is 3.43. The molecule has 2 aliphatic rings. The summed E-state index contributed by atoms with van der Waals surface area (Å²) in [7, 11) is 0. The number of benzene rings is 7. The van der Waals surface area contributed by atoms with Crippen molar-refractivity contribution in [2.24, 2.45) is 0 Å². The Bertz CT molecular complexity index is 2570. The summed E-state index contributed by atoms with van der Waals surface area (Å²) < 4.78 is 0. The van der Waals surface area contributed by atoms with E-state index in [0.29, 0.717) is 0 Å². The molecule has 57 heavy (non-hydrogen) atoms. The molecule has 0 aromatic heterocycles. The minimum atomic E-state index is -0.225. The second kappa shape index (κ2) is 12.9. The zero-order valence-electron chi connectivity index (χ0n) is 35.4. The van der Waals surface area contributed by atoms with Crippen molar-refractivity contribution in [3.05, 3.63) is 185 Å². The second-order valence-electron chi connectivity index (χ2n) is 19.5. The van der Waals surface area contributed by atoms with Crippen LogP contribution in [0.15, 0.2) is 152 Å². The topological polar surface area (TPSA) is 3.24 Å². The highest BCUT2D eigenvalue weighted by atomic mass is 15.2. The quantitative estimate of drug-likeness (QED) is 0.174. The van der Waals surface area contributed by atoms with E-state index >= 15 is 0 Å². The van der Waals surface area contributed by atoms with Crippen LogP contribution in [0.5, 0.6) is 0 Å². The van der Waals surface area contributed by atoms with Gasteiger partial charge in [-0.3, -0.25) is 0 Å². The van der Waals surface area contributed by atoms with E-state index in [1.165, 1.54) is 89.3 Å². The van der Waals surface area contributed by atoms with Gasteiger partial charge in [0.15, 0.2) is 0 Å². The average molecular weight is 742 g/mol. The number of anilines is 3. The van der Waals surface area contributed by atoms with Crippen LogP contribution in [0.1, 0.15) is 103 Å². The molecule has 0 N–H and O–H groups in total. The van der Waals surface area contributed by atoms with E-state index in [9.17, 15) is 0 Å². The van der Waals surface area contributed by atoms with Crippen LogP contribution in [0.3, 0.4) is 0 Å². The van der Waals surface area contributed by atoms with E-state index in [1.807, 2.05) is 0 Å². The molecule has 0 saturated heterocycles. The van der Waals surface area contributed by atoms with E-state index < -0.39 is 0 Å². The maximum atomic E-state index is 2.50. The summed E-state index contributed by atoms with van der Waals surface area (Å²) in [5, 5.41) is 0. The molecule has 0 bridgehead atoms. The molecule has 0 radical (unpaired) electrons. The molecule has 1 aliphatic heterocycles. The first kappa shape index (κ1) is 36.9. The number of nitrogens with zero attached hydrogens (tertiary/aromatic N) is 1. The predicted molar refractivity (Wildman–Crippen MR) is 245 cm³/mol. The molecule has 284 valence electrons. The largest absolute Gasteiger partial charge is 0.310 e. The summed E-state index contributed by atoms with van der Waals surface area (Å²) >= 11 is 0. The maximum Gasteiger partial charge on any atom is 0.0503 e. The van der Waals surface area contributed by atoms with Crippen molar-refractivity contribution in [1.82, 2.24) is 0 Å². The molecule has 0 unspecified atom stereocenters. The van der Waals surface area contributed by atoms with Gasteiger partial charge in [-0.25, -0.2) is 0 Å². The van der Waals surface area contributed by atoms with Gasteiger partial charge in [0.05, 0.1) is 11.4 Å². The maximum absolute atomic E-state index is 2.50. The van der Waals surface area contributed by atoms with Crippen LogP contribution in [0, 0.1) is 0 Å². The fourth-order valence-electron chi connectivity index (χ4n) is 9.40. The Balaban J connectivity index is 1.21. The van der Waals surface area contributed by atoms with Crippen LogP contribution in [0.2, 0.25) is 0 Å². The van der Waals surface area contributed by atoms with E-state index in [1.54, 1.807) is 0 Å². The third-order valence-corrected chi connectivity index (χ3v) is 13.0. The molecule has 0 amide bonds. The van der Waals surface area contributed by atoms with Gasteiger partial charge in [0, 0.05) is 16.5 Å². The highest BCUT2D eigenvalue weighted by molar-refractivity contribution is 5.95. The summed E-state index contributed by atoms with van der Waals surface area (Å²) in [4.78, 5) is 2.49. The zero-order chi connectivity index (χ0) is 40.1. The molecule has 1 heterocycles. The Morgan fingerprint density at radius 3 is 1.35 bits per heavy atom. The number of fused-ring (bicyclic) bond motifs is 5. The van der Waals surface area contributed by atoms with Crippen LogP contribution in [0.25, 0.3) is 44.5 Å². The monoisotopic (exact) mass is 741 g/mol. The lowest BCUT2D eigenvalue weighted by atomic mass is 9.72. The van der Waals surface area contributed by atoms with Crippen molar-refractivity contribution in [3.63, 3.8) is 0 Å². The normalized spacial score (nSPS) is 15.1. The van der Waals surface area contributed by atoms with E-state index in [0.717, 1.165) is 5.69 Å². The van der Waals surface area contributed by atoms with Crippen LogP contribution in [-0.2, 0) is 21.7 Å². The zero-order valence-corrected chi connectivity index (χ0v) is 35.4. The fraction of sp³-hybridized carbons (Fsp3) is 0.250. The van der Waals surface area contributed by atoms with Gasteiger partial charge in [-0.2, -0.15) is 0 Å². The molecule has 0 spiro atoms. The summed E-state index contributed by atoms with van der Waals surface area (Å²) in [5.41, 5.74) is 22.0.